The number of anilines is 1. The molecule has 1 N–H and O–H groups in total. The van der Waals surface area contributed by atoms with Gasteiger partial charge in [0, 0.05) is 25.3 Å². The van der Waals surface area contributed by atoms with E-state index in [4.69, 9.17) is 11.6 Å². The van der Waals surface area contributed by atoms with Gasteiger partial charge in [0.15, 0.2) is 0 Å². The maximum atomic E-state index is 13.0. The third-order valence-corrected chi connectivity index (χ3v) is 4.16. The average molecular weight is 440 g/mol. The molecule has 1 nitrogen and oxygen atoms in total. The summed E-state index contributed by atoms with van der Waals surface area (Å²) in [6, 6.07) is 10.4. The zero-order valence-electron chi connectivity index (χ0n) is 9.18. The van der Waals surface area contributed by atoms with E-state index in [1.165, 1.54) is 12.1 Å². The quantitative estimate of drug-likeness (QED) is 0.625. The van der Waals surface area contributed by atoms with Crippen LogP contribution in [0.1, 0.15) is 5.56 Å². The molecule has 0 spiro atoms. The van der Waals surface area contributed by atoms with Crippen LogP contribution in [0.3, 0.4) is 0 Å². The largest absolute Gasteiger partial charge is 0.380 e. The summed E-state index contributed by atoms with van der Waals surface area (Å²) in [5.74, 6) is -0.231. The fraction of sp³-hybridized carbons (Fsp3) is 0.0769. The minimum Gasteiger partial charge on any atom is -0.380 e. The highest BCUT2D eigenvalue weighted by Gasteiger charge is 2.04. The Labute approximate surface area is 132 Å². The molecule has 0 radical (unpaired) electrons. The molecular weight excluding hydrogens is 431 g/mol. The summed E-state index contributed by atoms with van der Waals surface area (Å²) in [5.41, 5.74) is 1.89. The molecule has 18 heavy (non-hydrogen) atoms. The Morgan fingerprint density at radius 3 is 2.72 bits per heavy atom. The van der Waals surface area contributed by atoms with Crippen LogP contribution in [-0.4, -0.2) is 0 Å². The van der Waals surface area contributed by atoms with Crippen LogP contribution in [0.4, 0.5) is 10.1 Å². The first kappa shape index (κ1) is 14.1. The molecule has 2 aromatic carbocycles. The Morgan fingerprint density at radius 2 is 2.00 bits per heavy atom. The van der Waals surface area contributed by atoms with Crippen LogP contribution in [0.15, 0.2) is 40.9 Å². The second-order valence-corrected chi connectivity index (χ2v) is 6.20. The summed E-state index contributed by atoms with van der Waals surface area (Å²) in [7, 11) is 0. The molecule has 0 amide bonds. The number of nitrogens with one attached hydrogen (secondary N) is 1. The van der Waals surface area contributed by atoms with Crippen molar-refractivity contribution in [2.75, 3.05) is 5.32 Å². The molecule has 0 bridgehead atoms. The van der Waals surface area contributed by atoms with Crippen LogP contribution in [0, 0.1) is 9.39 Å². The van der Waals surface area contributed by atoms with E-state index in [1.807, 2.05) is 18.2 Å². The monoisotopic (exact) mass is 439 g/mol. The second-order valence-electron chi connectivity index (χ2n) is 3.71. The van der Waals surface area contributed by atoms with E-state index in [1.54, 1.807) is 6.07 Å². The molecule has 0 atom stereocenters. The van der Waals surface area contributed by atoms with Crippen LogP contribution in [0.25, 0.3) is 0 Å². The van der Waals surface area contributed by atoms with Gasteiger partial charge in [-0.15, -0.1) is 0 Å². The van der Waals surface area contributed by atoms with Crippen LogP contribution in [0.5, 0.6) is 0 Å². The molecular formula is C13H9BrClFIN. The summed E-state index contributed by atoms with van der Waals surface area (Å²) in [6.45, 7) is 0.597. The summed E-state index contributed by atoms with van der Waals surface area (Å²) in [5, 5.41) is 3.96. The molecule has 0 saturated heterocycles. The second kappa shape index (κ2) is 6.21. The lowest BCUT2D eigenvalue weighted by molar-refractivity contribution is 0.627. The lowest BCUT2D eigenvalue weighted by Gasteiger charge is -2.10. The van der Waals surface area contributed by atoms with E-state index in [0.29, 0.717) is 11.6 Å². The Kier molecular flexibility index (Phi) is 4.86. The van der Waals surface area contributed by atoms with E-state index in [9.17, 15) is 4.39 Å². The predicted molar refractivity (Wildman–Crippen MR) is 85.6 cm³/mol. The van der Waals surface area contributed by atoms with Crippen molar-refractivity contribution in [3.8, 4) is 0 Å². The molecule has 2 aromatic rings. The average Bonchev–Trinajstić information content (AvgIpc) is 2.32. The first-order valence-corrected chi connectivity index (χ1v) is 7.44. The van der Waals surface area contributed by atoms with Crippen molar-refractivity contribution in [1.82, 2.24) is 0 Å². The van der Waals surface area contributed by atoms with Gasteiger partial charge in [-0.1, -0.05) is 27.5 Å². The fourth-order valence-corrected chi connectivity index (χ4v) is 2.76. The van der Waals surface area contributed by atoms with Crippen molar-refractivity contribution in [3.63, 3.8) is 0 Å². The van der Waals surface area contributed by atoms with Crippen LogP contribution < -0.4 is 5.32 Å². The molecule has 0 aliphatic rings. The topological polar surface area (TPSA) is 12.0 Å². The molecule has 0 aliphatic heterocycles. The minimum atomic E-state index is -0.231. The van der Waals surface area contributed by atoms with Gasteiger partial charge in [0.25, 0.3) is 0 Å². The zero-order valence-corrected chi connectivity index (χ0v) is 13.7. The van der Waals surface area contributed by atoms with Crippen molar-refractivity contribution in [2.45, 2.75) is 6.54 Å². The van der Waals surface area contributed by atoms with E-state index >= 15 is 0 Å². The Balaban J connectivity index is 2.13. The van der Waals surface area contributed by atoms with Gasteiger partial charge in [0.1, 0.15) is 5.82 Å². The highest BCUT2D eigenvalue weighted by Crippen LogP contribution is 2.24. The van der Waals surface area contributed by atoms with Gasteiger partial charge < -0.3 is 5.32 Å². The molecule has 94 valence electrons. The molecule has 2 rings (SSSR count). The third kappa shape index (κ3) is 3.59. The van der Waals surface area contributed by atoms with Crippen LogP contribution in [0.2, 0.25) is 5.02 Å². The van der Waals surface area contributed by atoms with Crippen molar-refractivity contribution in [2.24, 2.45) is 0 Å². The van der Waals surface area contributed by atoms with E-state index < -0.39 is 0 Å². The molecule has 0 heterocycles. The predicted octanol–water partition coefficient (Wildman–Crippen LogP) is 5.46. The lowest BCUT2D eigenvalue weighted by atomic mass is 10.2. The Bertz CT molecular complexity index is 577. The number of halogens is 4. The van der Waals surface area contributed by atoms with Crippen molar-refractivity contribution in [3.05, 3.63) is 60.8 Å². The van der Waals surface area contributed by atoms with Gasteiger partial charge in [0.05, 0.1) is 0 Å². The smallest absolute Gasteiger partial charge is 0.124 e. The number of benzene rings is 2. The number of hydrogen-bond donors (Lipinski definition) is 1. The molecule has 0 fully saturated rings. The highest BCUT2D eigenvalue weighted by molar-refractivity contribution is 14.1. The first-order chi connectivity index (χ1) is 8.56. The molecule has 0 aliphatic carbocycles. The summed E-state index contributed by atoms with van der Waals surface area (Å²) in [6.07, 6.45) is 0. The molecule has 5 heteroatoms. The Hall–Kier alpha value is -0.330. The van der Waals surface area contributed by atoms with Crippen molar-refractivity contribution in [1.29, 1.82) is 0 Å². The summed E-state index contributed by atoms with van der Waals surface area (Å²) in [4.78, 5) is 0. The van der Waals surface area contributed by atoms with Gasteiger partial charge >= 0.3 is 0 Å². The van der Waals surface area contributed by atoms with Crippen molar-refractivity contribution < 1.29 is 4.39 Å². The fourth-order valence-electron chi connectivity index (χ4n) is 1.50. The molecule has 0 saturated carbocycles. The van der Waals surface area contributed by atoms with Gasteiger partial charge in [0.2, 0.25) is 0 Å². The Morgan fingerprint density at radius 1 is 1.22 bits per heavy atom. The molecule has 0 aromatic heterocycles. The normalized spacial score (nSPS) is 10.4. The lowest BCUT2D eigenvalue weighted by Crippen LogP contribution is -2.02. The van der Waals surface area contributed by atoms with E-state index in [0.717, 1.165) is 19.3 Å². The number of hydrogen-bond acceptors (Lipinski definition) is 1. The van der Waals surface area contributed by atoms with Gasteiger partial charge in [-0.2, -0.15) is 0 Å². The van der Waals surface area contributed by atoms with E-state index in [-0.39, 0.29) is 5.82 Å². The van der Waals surface area contributed by atoms with Crippen LogP contribution >= 0.6 is 50.1 Å². The number of rotatable bonds is 3. The minimum absolute atomic E-state index is 0.231. The van der Waals surface area contributed by atoms with Gasteiger partial charge in [-0.3, -0.25) is 0 Å². The maximum Gasteiger partial charge on any atom is 0.124 e. The zero-order chi connectivity index (χ0) is 13.1. The highest BCUT2D eigenvalue weighted by atomic mass is 127. The molecule has 0 unspecified atom stereocenters. The summed E-state index contributed by atoms with van der Waals surface area (Å²) >= 11 is 11.6. The first-order valence-electron chi connectivity index (χ1n) is 5.19. The maximum absolute atomic E-state index is 13.0. The SMILES string of the molecule is Fc1ccc(NCc2cc(Br)ccc2Cl)c(I)c1. The third-order valence-electron chi connectivity index (χ3n) is 2.41. The van der Waals surface area contributed by atoms with Crippen molar-refractivity contribution >= 4 is 55.8 Å². The van der Waals surface area contributed by atoms with E-state index in [2.05, 4.69) is 43.8 Å². The standard InChI is InChI=1S/C13H9BrClFIN/c14-9-1-3-11(15)8(5-9)7-18-13-4-2-10(16)6-12(13)17/h1-6,18H,7H2. The van der Waals surface area contributed by atoms with Crippen LogP contribution in [-0.2, 0) is 6.54 Å². The van der Waals surface area contributed by atoms with Gasteiger partial charge in [-0.25, -0.2) is 4.39 Å². The van der Waals surface area contributed by atoms with Gasteiger partial charge in [-0.05, 0) is 64.6 Å². The summed E-state index contributed by atoms with van der Waals surface area (Å²) < 4.78 is 14.8.